The van der Waals surface area contributed by atoms with Gasteiger partial charge < -0.3 is 14.8 Å². The summed E-state index contributed by atoms with van der Waals surface area (Å²) in [5.41, 5.74) is 1.32. The third kappa shape index (κ3) is 2.57. The fourth-order valence-corrected chi connectivity index (χ4v) is 1.86. The van der Waals surface area contributed by atoms with Crippen molar-refractivity contribution < 1.29 is 9.47 Å². The van der Waals surface area contributed by atoms with Crippen molar-refractivity contribution in [2.45, 2.75) is 13.0 Å². The minimum atomic E-state index is 0.0329. The van der Waals surface area contributed by atoms with Crippen LogP contribution in [-0.2, 0) is 16.5 Å². The molecule has 0 spiro atoms. The van der Waals surface area contributed by atoms with Crippen LogP contribution in [-0.4, -0.2) is 42.2 Å². The van der Waals surface area contributed by atoms with Gasteiger partial charge in [0.2, 0.25) is 0 Å². The van der Waals surface area contributed by atoms with Crippen LogP contribution in [0.25, 0.3) is 0 Å². The summed E-state index contributed by atoms with van der Waals surface area (Å²) in [6, 6.07) is 2.15. The first kappa shape index (κ1) is 11.9. The Labute approximate surface area is 100 Å². The molecule has 0 saturated carbocycles. The molecule has 2 heterocycles. The molecule has 6 heteroatoms. The van der Waals surface area contributed by atoms with E-state index in [1.807, 2.05) is 14.0 Å². The van der Waals surface area contributed by atoms with Crippen LogP contribution in [0.4, 0.5) is 5.82 Å². The van der Waals surface area contributed by atoms with E-state index >= 15 is 0 Å². The summed E-state index contributed by atoms with van der Waals surface area (Å²) in [6.45, 7) is 4.32. The lowest BCUT2D eigenvalue weighted by molar-refractivity contribution is -0.0819. The SMILES string of the molecule is Cc1nn(C)c(NCC2COCCO2)c1C#N. The second-order valence-electron chi connectivity index (χ2n) is 3.99. The lowest BCUT2D eigenvalue weighted by Gasteiger charge is -2.23. The molecule has 6 nitrogen and oxygen atoms in total. The molecule has 1 unspecified atom stereocenters. The zero-order valence-electron chi connectivity index (χ0n) is 10.1. The number of anilines is 1. The molecular weight excluding hydrogens is 220 g/mol. The second-order valence-corrected chi connectivity index (χ2v) is 3.99. The predicted octanol–water partition coefficient (Wildman–Crippen LogP) is 0.427. The Balaban J connectivity index is 2.01. The Kier molecular flexibility index (Phi) is 3.61. The van der Waals surface area contributed by atoms with E-state index in [0.717, 1.165) is 11.5 Å². The van der Waals surface area contributed by atoms with Gasteiger partial charge in [0.05, 0.1) is 31.6 Å². The second kappa shape index (κ2) is 5.17. The molecule has 1 aliphatic heterocycles. The summed E-state index contributed by atoms with van der Waals surface area (Å²) in [5.74, 6) is 0.735. The van der Waals surface area contributed by atoms with E-state index < -0.39 is 0 Å². The number of hydrogen-bond donors (Lipinski definition) is 1. The predicted molar refractivity (Wildman–Crippen MR) is 61.7 cm³/mol. The van der Waals surface area contributed by atoms with Crippen LogP contribution in [0, 0.1) is 18.3 Å². The standard InChI is InChI=1S/C11H16N4O2/c1-8-10(5-12)11(15(2)14-8)13-6-9-7-16-3-4-17-9/h9,13H,3-4,6-7H2,1-2H3. The number of rotatable bonds is 3. The van der Waals surface area contributed by atoms with Crippen LogP contribution < -0.4 is 5.32 Å². The molecule has 0 amide bonds. The van der Waals surface area contributed by atoms with E-state index in [4.69, 9.17) is 14.7 Å². The van der Waals surface area contributed by atoms with Crippen molar-refractivity contribution in [2.75, 3.05) is 31.7 Å². The van der Waals surface area contributed by atoms with Crippen LogP contribution in [0.2, 0.25) is 0 Å². The maximum atomic E-state index is 9.05. The van der Waals surface area contributed by atoms with Gasteiger partial charge in [-0.2, -0.15) is 10.4 Å². The van der Waals surface area contributed by atoms with Crippen molar-refractivity contribution in [3.8, 4) is 6.07 Å². The number of nitriles is 1. The lowest BCUT2D eigenvalue weighted by Crippen LogP contribution is -2.34. The highest BCUT2D eigenvalue weighted by Gasteiger charge is 2.17. The molecule has 0 radical (unpaired) electrons. The fourth-order valence-electron chi connectivity index (χ4n) is 1.86. The van der Waals surface area contributed by atoms with Gasteiger partial charge in [-0.05, 0) is 6.92 Å². The topological polar surface area (TPSA) is 72.1 Å². The van der Waals surface area contributed by atoms with Crippen molar-refractivity contribution in [2.24, 2.45) is 7.05 Å². The highest BCUT2D eigenvalue weighted by molar-refractivity contribution is 5.55. The van der Waals surface area contributed by atoms with Crippen molar-refractivity contribution in [3.63, 3.8) is 0 Å². The summed E-state index contributed by atoms with van der Waals surface area (Å²) in [4.78, 5) is 0. The molecule has 0 bridgehead atoms. The van der Waals surface area contributed by atoms with E-state index in [1.54, 1.807) is 4.68 Å². The molecule has 1 fully saturated rings. The molecule has 1 N–H and O–H groups in total. The van der Waals surface area contributed by atoms with Crippen LogP contribution in [0.3, 0.4) is 0 Å². The van der Waals surface area contributed by atoms with Crippen LogP contribution in [0.1, 0.15) is 11.3 Å². The summed E-state index contributed by atoms with van der Waals surface area (Å²) in [6.07, 6.45) is 0.0329. The highest BCUT2D eigenvalue weighted by atomic mass is 16.6. The van der Waals surface area contributed by atoms with Gasteiger partial charge in [0.1, 0.15) is 17.5 Å². The number of ether oxygens (including phenoxy) is 2. The van der Waals surface area contributed by atoms with Crippen LogP contribution >= 0.6 is 0 Å². The van der Waals surface area contributed by atoms with Crippen molar-refractivity contribution in [3.05, 3.63) is 11.3 Å². The Morgan fingerprint density at radius 1 is 1.59 bits per heavy atom. The largest absolute Gasteiger partial charge is 0.376 e. The maximum absolute atomic E-state index is 9.05. The molecule has 92 valence electrons. The Morgan fingerprint density at radius 3 is 3.06 bits per heavy atom. The van der Waals surface area contributed by atoms with Gasteiger partial charge >= 0.3 is 0 Å². The molecule has 1 saturated heterocycles. The number of hydrogen-bond acceptors (Lipinski definition) is 5. The van der Waals surface area contributed by atoms with E-state index in [-0.39, 0.29) is 6.10 Å². The third-order valence-electron chi connectivity index (χ3n) is 2.72. The number of aromatic nitrogens is 2. The van der Waals surface area contributed by atoms with Gasteiger partial charge in [-0.1, -0.05) is 0 Å². The molecule has 1 atom stereocenters. The monoisotopic (exact) mass is 236 g/mol. The van der Waals surface area contributed by atoms with Gasteiger partial charge in [0, 0.05) is 13.6 Å². The quantitative estimate of drug-likeness (QED) is 0.823. The van der Waals surface area contributed by atoms with Crippen molar-refractivity contribution in [1.82, 2.24) is 9.78 Å². The Hall–Kier alpha value is -1.58. The molecule has 1 aromatic rings. The molecule has 1 aliphatic rings. The summed E-state index contributed by atoms with van der Waals surface area (Å²) >= 11 is 0. The molecule has 17 heavy (non-hydrogen) atoms. The molecular formula is C11H16N4O2. The van der Waals surface area contributed by atoms with Crippen molar-refractivity contribution in [1.29, 1.82) is 5.26 Å². The summed E-state index contributed by atoms with van der Waals surface area (Å²) in [5, 5.41) is 16.5. The van der Waals surface area contributed by atoms with Gasteiger partial charge in [-0.3, -0.25) is 4.68 Å². The minimum absolute atomic E-state index is 0.0329. The van der Waals surface area contributed by atoms with Gasteiger partial charge in [-0.25, -0.2) is 0 Å². The fraction of sp³-hybridized carbons (Fsp3) is 0.636. The zero-order chi connectivity index (χ0) is 12.3. The van der Waals surface area contributed by atoms with Gasteiger partial charge in [0.25, 0.3) is 0 Å². The highest BCUT2D eigenvalue weighted by Crippen LogP contribution is 2.17. The Bertz CT molecular complexity index is 429. The minimum Gasteiger partial charge on any atom is -0.376 e. The van der Waals surface area contributed by atoms with Crippen LogP contribution in [0.15, 0.2) is 0 Å². The first-order chi connectivity index (χ1) is 8.22. The summed E-state index contributed by atoms with van der Waals surface area (Å²) < 4.78 is 12.5. The maximum Gasteiger partial charge on any atom is 0.142 e. The number of aryl methyl sites for hydroxylation is 2. The summed E-state index contributed by atoms with van der Waals surface area (Å²) in [7, 11) is 1.81. The number of nitrogens with zero attached hydrogens (tertiary/aromatic N) is 3. The van der Waals surface area contributed by atoms with E-state index in [0.29, 0.717) is 31.9 Å². The lowest BCUT2D eigenvalue weighted by atomic mass is 10.2. The molecule has 1 aromatic heterocycles. The zero-order valence-corrected chi connectivity index (χ0v) is 10.1. The third-order valence-corrected chi connectivity index (χ3v) is 2.72. The first-order valence-corrected chi connectivity index (χ1v) is 5.59. The smallest absolute Gasteiger partial charge is 0.142 e. The number of nitrogens with one attached hydrogen (secondary N) is 1. The van der Waals surface area contributed by atoms with E-state index in [9.17, 15) is 0 Å². The van der Waals surface area contributed by atoms with Gasteiger partial charge in [0.15, 0.2) is 0 Å². The molecule has 0 aromatic carbocycles. The first-order valence-electron chi connectivity index (χ1n) is 5.59. The average Bonchev–Trinajstić information content (AvgIpc) is 2.62. The van der Waals surface area contributed by atoms with Crippen molar-refractivity contribution >= 4 is 5.82 Å². The van der Waals surface area contributed by atoms with E-state index in [2.05, 4.69) is 16.5 Å². The molecule has 2 rings (SSSR count). The van der Waals surface area contributed by atoms with Gasteiger partial charge in [-0.15, -0.1) is 0 Å². The van der Waals surface area contributed by atoms with Crippen LogP contribution in [0.5, 0.6) is 0 Å². The Morgan fingerprint density at radius 2 is 2.41 bits per heavy atom. The van der Waals surface area contributed by atoms with E-state index in [1.165, 1.54) is 0 Å². The molecule has 0 aliphatic carbocycles. The normalized spacial score (nSPS) is 19.9. The average molecular weight is 236 g/mol.